The van der Waals surface area contributed by atoms with Gasteiger partial charge in [-0.1, -0.05) is 0 Å². The zero-order valence-electron chi connectivity index (χ0n) is 5.87. The minimum absolute atomic E-state index is 0.168. The molecular formula is C6H12N2O. The van der Waals surface area contributed by atoms with E-state index >= 15 is 0 Å². The summed E-state index contributed by atoms with van der Waals surface area (Å²) in [5, 5.41) is 6.02. The first-order chi connectivity index (χ1) is 4.34. The molecule has 1 aliphatic rings. The molecule has 1 fully saturated rings. The van der Waals surface area contributed by atoms with Gasteiger partial charge >= 0.3 is 0 Å². The molecule has 0 spiro atoms. The molecule has 1 saturated heterocycles. The Morgan fingerprint density at radius 1 is 1.78 bits per heavy atom. The van der Waals surface area contributed by atoms with Crippen LogP contribution in [0.2, 0.25) is 0 Å². The topological polar surface area (TPSA) is 24.8 Å². The first kappa shape index (κ1) is 6.55. The van der Waals surface area contributed by atoms with Crippen molar-refractivity contribution in [2.45, 2.75) is 20.1 Å². The normalized spacial score (nSPS) is 28.2. The molecule has 52 valence electrons. The Bertz CT molecular complexity index is 114. The predicted octanol–water partition coefficient (Wildman–Crippen LogP) is 0.670. The third-order valence-corrected chi connectivity index (χ3v) is 1.36. The molecule has 3 nitrogen and oxygen atoms in total. The number of ether oxygens (including phenoxy) is 1. The molecule has 1 atom stereocenters. The summed E-state index contributed by atoms with van der Waals surface area (Å²) in [6.45, 7) is 5.63. The van der Waals surface area contributed by atoms with Gasteiger partial charge in [-0.3, -0.25) is 5.01 Å². The summed E-state index contributed by atoms with van der Waals surface area (Å²) in [6, 6.07) is 0. The zero-order chi connectivity index (χ0) is 6.69. The molecule has 0 aliphatic carbocycles. The van der Waals surface area contributed by atoms with Gasteiger partial charge in [-0.2, -0.15) is 5.10 Å². The van der Waals surface area contributed by atoms with Gasteiger partial charge < -0.3 is 4.74 Å². The van der Waals surface area contributed by atoms with Crippen molar-refractivity contribution >= 4 is 6.21 Å². The van der Waals surface area contributed by atoms with Gasteiger partial charge in [0.2, 0.25) is 0 Å². The van der Waals surface area contributed by atoms with E-state index in [-0.39, 0.29) is 6.23 Å². The maximum Gasteiger partial charge on any atom is 0.143 e. The van der Waals surface area contributed by atoms with Gasteiger partial charge in [-0.15, -0.1) is 0 Å². The molecule has 0 aromatic carbocycles. The molecule has 0 radical (unpaired) electrons. The van der Waals surface area contributed by atoms with Crippen molar-refractivity contribution < 1.29 is 4.74 Å². The van der Waals surface area contributed by atoms with Crippen LogP contribution in [0.5, 0.6) is 0 Å². The van der Waals surface area contributed by atoms with Crippen molar-refractivity contribution in [2.75, 3.05) is 13.2 Å². The molecule has 3 heteroatoms. The maximum absolute atomic E-state index is 5.23. The second-order valence-electron chi connectivity index (χ2n) is 2.01. The fourth-order valence-corrected chi connectivity index (χ4v) is 0.885. The number of nitrogens with zero attached hydrogens (tertiary/aromatic N) is 2. The average Bonchev–Trinajstić information content (AvgIpc) is 2.18. The van der Waals surface area contributed by atoms with Gasteiger partial charge in [0.15, 0.2) is 0 Å². The largest absolute Gasteiger partial charge is 0.355 e. The molecule has 0 saturated carbocycles. The average molecular weight is 128 g/mol. The zero-order valence-corrected chi connectivity index (χ0v) is 5.87. The summed E-state index contributed by atoms with van der Waals surface area (Å²) in [5.74, 6) is 0. The van der Waals surface area contributed by atoms with Crippen molar-refractivity contribution in [1.82, 2.24) is 5.01 Å². The van der Waals surface area contributed by atoms with E-state index in [1.807, 2.05) is 18.9 Å². The van der Waals surface area contributed by atoms with Crippen molar-refractivity contribution in [3.05, 3.63) is 0 Å². The summed E-state index contributed by atoms with van der Waals surface area (Å²) >= 11 is 0. The van der Waals surface area contributed by atoms with E-state index in [2.05, 4.69) is 5.10 Å². The summed E-state index contributed by atoms with van der Waals surface area (Å²) in [4.78, 5) is 0. The van der Waals surface area contributed by atoms with Crippen LogP contribution in [0.25, 0.3) is 0 Å². The van der Waals surface area contributed by atoms with Crippen LogP contribution < -0.4 is 0 Å². The molecule has 0 aromatic heterocycles. The molecule has 0 aromatic rings. The van der Waals surface area contributed by atoms with Gasteiger partial charge in [0.05, 0.1) is 13.2 Å². The Kier molecular flexibility index (Phi) is 2.05. The van der Waals surface area contributed by atoms with Crippen LogP contribution >= 0.6 is 0 Å². The highest BCUT2D eigenvalue weighted by atomic mass is 16.5. The maximum atomic E-state index is 5.23. The van der Waals surface area contributed by atoms with E-state index in [9.17, 15) is 0 Å². The second kappa shape index (κ2) is 2.82. The van der Waals surface area contributed by atoms with Crippen LogP contribution in [-0.4, -0.2) is 30.6 Å². The molecule has 1 heterocycles. The molecule has 0 N–H and O–H groups in total. The number of hydrogen-bond acceptors (Lipinski definition) is 3. The molecule has 1 unspecified atom stereocenters. The lowest BCUT2D eigenvalue weighted by atomic mass is 10.6. The van der Waals surface area contributed by atoms with E-state index in [4.69, 9.17) is 4.74 Å². The summed E-state index contributed by atoms with van der Waals surface area (Å²) in [5.41, 5.74) is 0. The van der Waals surface area contributed by atoms with Gasteiger partial charge in [-0.25, -0.2) is 0 Å². The Balaban J connectivity index is 2.39. The highest BCUT2D eigenvalue weighted by Gasteiger charge is 2.17. The summed E-state index contributed by atoms with van der Waals surface area (Å²) in [6.07, 6.45) is 1.95. The molecule has 0 bridgehead atoms. The van der Waals surface area contributed by atoms with Gasteiger partial charge in [0, 0.05) is 6.21 Å². The van der Waals surface area contributed by atoms with Crippen LogP contribution in [0.4, 0.5) is 0 Å². The Morgan fingerprint density at radius 3 is 3.00 bits per heavy atom. The van der Waals surface area contributed by atoms with Crippen molar-refractivity contribution in [3.8, 4) is 0 Å². The number of rotatable bonds is 1. The van der Waals surface area contributed by atoms with E-state index in [1.54, 1.807) is 6.21 Å². The fourth-order valence-electron chi connectivity index (χ4n) is 0.885. The molecule has 1 rings (SSSR count). The third kappa shape index (κ3) is 1.42. The smallest absolute Gasteiger partial charge is 0.143 e. The minimum Gasteiger partial charge on any atom is -0.355 e. The quantitative estimate of drug-likeness (QED) is 0.485. The van der Waals surface area contributed by atoms with Crippen LogP contribution in [0.1, 0.15) is 13.8 Å². The predicted molar refractivity (Wildman–Crippen MR) is 36.3 cm³/mol. The first-order valence-electron chi connectivity index (χ1n) is 3.21. The summed E-state index contributed by atoms with van der Waals surface area (Å²) in [7, 11) is 0. The van der Waals surface area contributed by atoms with Crippen LogP contribution in [-0.2, 0) is 4.74 Å². The van der Waals surface area contributed by atoms with Gasteiger partial charge in [0.25, 0.3) is 0 Å². The highest BCUT2D eigenvalue weighted by Crippen LogP contribution is 2.07. The molecule has 0 amide bonds. The second-order valence-corrected chi connectivity index (χ2v) is 2.01. The molecule has 1 aliphatic heterocycles. The first-order valence-corrected chi connectivity index (χ1v) is 3.21. The van der Waals surface area contributed by atoms with Crippen molar-refractivity contribution in [2.24, 2.45) is 5.10 Å². The van der Waals surface area contributed by atoms with Gasteiger partial charge in [0.1, 0.15) is 6.23 Å². The third-order valence-electron chi connectivity index (χ3n) is 1.36. The van der Waals surface area contributed by atoms with E-state index < -0.39 is 0 Å². The summed E-state index contributed by atoms with van der Waals surface area (Å²) < 4.78 is 5.23. The lowest BCUT2D eigenvalue weighted by Crippen LogP contribution is -2.21. The Labute approximate surface area is 55.3 Å². The minimum atomic E-state index is 0.168. The SMILES string of the molecule is C/C=N/N1CCOC1C. The Morgan fingerprint density at radius 2 is 2.56 bits per heavy atom. The van der Waals surface area contributed by atoms with E-state index in [0.717, 1.165) is 13.2 Å². The number of hydrogen-bond donors (Lipinski definition) is 0. The standard InChI is InChI=1S/C6H12N2O/c1-3-7-8-4-5-9-6(8)2/h3,6H,4-5H2,1-2H3/b7-3+. The lowest BCUT2D eigenvalue weighted by molar-refractivity contribution is 0.0516. The van der Waals surface area contributed by atoms with Gasteiger partial charge in [-0.05, 0) is 13.8 Å². The lowest BCUT2D eigenvalue weighted by Gasteiger charge is -2.13. The van der Waals surface area contributed by atoms with Crippen molar-refractivity contribution in [3.63, 3.8) is 0 Å². The fraction of sp³-hybridized carbons (Fsp3) is 0.833. The van der Waals surface area contributed by atoms with Crippen molar-refractivity contribution in [1.29, 1.82) is 0 Å². The molecule has 9 heavy (non-hydrogen) atoms. The van der Waals surface area contributed by atoms with Crippen LogP contribution in [0.3, 0.4) is 0 Å². The highest BCUT2D eigenvalue weighted by molar-refractivity contribution is 5.52. The number of hydrazone groups is 1. The Hall–Kier alpha value is -0.570. The van der Waals surface area contributed by atoms with Crippen LogP contribution in [0.15, 0.2) is 5.10 Å². The van der Waals surface area contributed by atoms with Crippen LogP contribution in [0, 0.1) is 0 Å². The van der Waals surface area contributed by atoms with E-state index in [0.29, 0.717) is 0 Å². The van der Waals surface area contributed by atoms with E-state index in [1.165, 1.54) is 0 Å². The molecular weight excluding hydrogens is 116 g/mol. The monoisotopic (exact) mass is 128 g/mol.